The molecule has 1 aliphatic rings. The third-order valence-electron chi connectivity index (χ3n) is 4.02. The largest absolute Gasteiger partial charge is 0.510 e. The molecule has 0 saturated heterocycles. The van der Waals surface area contributed by atoms with E-state index < -0.39 is 0 Å². The third kappa shape index (κ3) is 2.71. The summed E-state index contributed by atoms with van der Waals surface area (Å²) in [6.07, 6.45) is 0. The number of aliphatic hydroxyl groups is 1. The van der Waals surface area contributed by atoms with Crippen LogP contribution in [0.5, 0.6) is 5.75 Å². The molecule has 0 amide bonds. The molecule has 0 spiro atoms. The summed E-state index contributed by atoms with van der Waals surface area (Å²) in [5, 5.41) is 33.6. The van der Waals surface area contributed by atoms with Crippen LogP contribution in [-0.2, 0) is 0 Å². The van der Waals surface area contributed by atoms with Gasteiger partial charge in [-0.2, -0.15) is 0 Å². The zero-order valence-corrected chi connectivity index (χ0v) is 15.0. The minimum absolute atomic E-state index is 0.0945. The fourth-order valence-corrected chi connectivity index (χ4v) is 4.44. The first kappa shape index (κ1) is 15.9. The number of aliphatic hydroxyl groups excluding tert-OH is 1. The summed E-state index contributed by atoms with van der Waals surface area (Å²) in [7, 11) is 0. The highest BCUT2D eigenvalue weighted by Crippen LogP contribution is 2.38. The van der Waals surface area contributed by atoms with Crippen LogP contribution in [0.1, 0.15) is 10.6 Å². The lowest BCUT2D eigenvalue weighted by Crippen LogP contribution is -2.26. The molecule has 3 aromatic rings. The van der Waals surface area contributed by atoms with Crippen molar-refractivity contribution in [3.8, 4) is 16.3 Å². The number of nitrogens with one attached hydrogen (secondary N) is 1. The van der Waals surface area contributed by atoms with Crippen molar-refractivity contribution in [2.45, 2.75) is 6.92 Å². The second-order valence-corrected chi connectivity index (χ2v) is 7.57. The van der Waals surface area contributed by atoms with Crippen molar-refractivity contribution in [1.29, 1.82) is 5.41 Å². The molecule has 1 aromatic carbocycles. The number of rotatable bonds is 3. The molecule has 2 aromatic heterocycles. The molecule has 0 atom stereocenters. The van der Waals surface area contributed by atoms with Gasteiger partial charge >= 0.3 is 0 Å². The number of hydrogen-bond acceptors (Lipinski definition) is 6. The van der Waals surface area contributed by atoms with Crippen molar-refractivity contribution in [3.05, 3.63) is 57.4 Å². The Morgan fingerprint density at radius 1 is 1.20 bits per heavy atom. The highest BCUT2D eigenvalue weighted by atomic mass is 32.1. The van der Waals surface area contributed by atoms with Gasteiger partial charge in [0.1, 0.15) is 22.4 Å². The number of phenolic OH excluding ortho intramolecular Hbond substituents is 1. The number of nitrogens with zero attached hydrogens (tertiary/aromatic N) is 2. The zero-order chi connectivity index (χ0) is 17.6. The highest BCUT2D eigenvalue weighted by Gasteiger charge is 2.32. The number of anilines is 1. The SMILES string of the molecule is Cc1ccc(N2CC(O)=C(c3nc(-c4cccs4)cs3)C2=N)c(O)c1. The molecular weight excluding hydrogens is 354 g/mol. The van der Waals surface area contributed by atoms with Gasteiger partial charge in [0.15, 0.2) is 0 Å². The lowest BCUT2D eigenvalue weighted by molar-refractivity contribution is 0.411. The lowest BCUT2D eigenvalue weighted by atomic mass is 10.2. The predicted molar refractivity (Wildman–Crippen MR) is 103 cm³/mol. The van der Waals surface area contributed by atoms with Gasteiger partial charge in [-0.3, -0.25) is 5.41 Å². The smallest absolute Gasteiger partial charge is 0.139 e. The van der Waals surface area contributed by atoms with Gasteiger partial charge < -0.3 is 15.1 Å². The molecule has 0 radical (unpaired) electrons. The van der Waals surface area contributed by atoms with Gasteiger partial charge in [0.2, 0.25) is 0 Å². The van der Waals surface area contributed by atoms with E-state index in [9.17, 15) is 10.2 Å². The van der Waals surface area contributed by atoms with Crippen LogP contribution in [0.2, 0.25) is 0 Å². The van der Waals surface area contributed by atoms with E-state index in [4.69, 9.17) is 5.41 Å². The molecule has 3 heterocycles. The summed E-state index contributed by atoms with van der Waals surface area (Å²) in [6.45, 7) is 2.04. The minimum Gasteiger partial charge on any atom is -0.510 e. The molecule has 5 nitrogen and oxygen atoms in total. The Bertz CT molecular complexity index is 990. The monoisotopic (exact) mass is 369 g/mol. The molecule has 4 rings (SSSR count). The van der Waals surface area contributed by atoms with Crippen molar-refractivity contribution in [2.24, 2.45) is 0 Å². The standard InChI is InChI=1S/C18H15N3O2S2/c1-10-4-5-12(13(22)7-10)21-8-14(23)16(17(21)19)18-20-11(9-25-18)15-3-2-6-24-15/h2-7,9,19,22-23H,8H2,1H3. The number of thiophene rings is 1. The molecule has 7 heteroatoms. The Morgan fingerprint density at radius 2 is 2.04 bits per heavy atom. The van der Waals surface area contributed by atoms with Crippen LogP contribution >= 0.6 is 22.7 Å². The zero-order valence-electron chi connectivity index (χ0n) is 13.4. The van der Waals surface area contributed by atoms with E-state index >= 15 is 0 Å². The summed E-state index contributed by atoms with van der Waals surface area (Å²) < 4.78 is 0. The van der Waals surface area contributed by atoms with Gasteiger partial charge in [-0.15, -0.1) is 22.7 Å². The third-order valence-corrected chi connectivity index (χ3v) is 5.77. The number of phenols is 1. The maximum absolute atomic E-state index is 10.4. The molecular formula is C18H15N3O2S2. The normalized spacial score (nSPS) is 14.6. The van der Waals surface area contributed by atoms with Gasteiger partial charge in [-0.05, 0) is 36.1 Å². The number of thiazole rings is 1. The van der Waals surface area contributed by atoms with E-state index in [0.29, 0.717) is 16.3 Å². The molecule has 126 valence electrons. The Hall–Kier alpha value is -2.64. The Balaban J connectivity index is 1.67. The molecule has 3 N–H and O–H groups in total. The quantitative estimate of drug-likeness (QED) is 0.628. The molecule has 0 aliphatic carbocycles. The Labute approximate surface area is 152 Å². The minimum atomic E-state index is 0.0945. The van der Waals surface area contributed by atoms with Gasteiger partial charge in [-0.1, -0.05) is 12.1 Å². The molecule has 0 saturated carbocycles. The number of benzene rings is 1. The maximum Gasteiger partial charge on any atom is 0.139 e. The molecule has 25 heavy (non-hydrogen) atoms. The van der Waals surface area contributed by atoms with Crippen LogP contribution in [0, 0.1) is 12.3 Å². The van der Waals surface area contributed by atoms with Gasteiger partial charge in [0.25, 0.3) is 0 Å². The number of aromatic hydroxyl groups is 1. The van der Waals surface area contributed by atoms with Gasteiger partial charge in [0.05, 0.1) is 28.4 Å². The van der Waals surface area contributed by atoms with Crippen molar-refractivity contribution in [3.63, 3.8) is 0 Å². The van der Waals surface area contributed by atoms with Crippen molar-refractivity contribution in [2.75, 3.05) is 11.4 Å². The average molecular weight is 369 g/mol. The first-order valence-corrected chi connectivity index (χ1v) is 9.38. The Morgan fingerprint density at radius 3 is 2.76 bits per heavy atom. The van der Waals surface area contributed by atoms with Crippen LogP contribution in [0.15, 0.2) is 46.9 Å². The van der Waals surface area contributed by atoms with Crippen molar-refractivity contribution >= 4 is 39.8 Å². The fraction of sp³-hybridized carbons (Fsp3) is 0.111. The summed E-state index contributed by atoms with van der Waals surface area (Å²) >= 11 is 3.01. The van der Waals surface area contributed by atoms with Gasteiger partial charge in [-0.25, -0.2) is 4.98 Å². The number of hydrogen-bond donors (Lipinski definition) is 3. The van der Waals surface area contributed by atoms with E-state index in [1.165, 1.54) is 11.3 Å². The Kier molecular flexibility index (Phi) is 3.82. The number of amidine groups is 1. The van der Waals surface area contributed by atoms with Crippen LogP contribution in [0.3, 0.4) is 0 Å². The lowest BCUT2D eigenvalue weighted by Gasteiger charge is -2.20. The first-order chi connectivity index (χ1) is 12.0. The highest BCUT2D eigenvalue weighted by molar-refractivity contribution is 7.14. The number of aromatic nitrogens is 1. The maximum atomic E-state index is 10.4. The van der Waals surface area contributed by atoms with Crippen LogP contribution in [0.4, 0.5) is 5.69 Å². The van der Waals surface area contributed by atoms with Crippen molar-refractivity contribution in [1.82, 2.24) is 4.98 Å². The van der Waals surface area contributed by atoms with E-state index in [1.54, 1.807) is 28.4 Å². The molecule has 1 aliphatic heterocycles. The second-order valence-electron chi connectivity index (χ2n) is 5.76. The molecule has 0 bridgehead atoms. The van der Waals surface area contributed by atoms with E-state index in [1.807, 2.05) is 35.9 Å². The summed E-state index contributed by atoms with van der Waals surface area (Å²) in [4.78, 5) is 7.23. The van der Waals surface area contributed by atoms with E-state index in [2.05, 4.69) is 4.98 Å². The average Bonchev–Trinajstić information content (AvgIpc) is 3.28. The second kappa shape index (κ2) is 6.02. The number of aryl methyl sites for hydroxylation is 1. The summed E-state index contributed by atoms with van der Waals surface area (Å²) in [5.41, 5.74) is 2.71. The predicted octanol–water partition coefficient (Wildman–Crippen LogP) is 4.65. The van der Waals surface area contributed by atoms with Crippen molar-refractivity contribution < 1.29 is 10.2 Å². The molecule has 0 unspecified atom stereocenters. The van der Waals surface area contributed by atoms with E-state index in [0.717, 1.165) is 16.1 Å². The topological polar surface area (TPSA) is 80.4 Å². The first-order valence-electron chi connectivity index (χ1n) is 7.62. The van der Waals surface area contributed by atoms with Crippen LogP contribution in [0.25, 0.3) is 16.1 Å². The van der Waals surface area contributed by atoms with Crippen LogP contribution < -0.4 is 4.90 Å². The van der Waals surface area contributed by atoms with Gasteiger partial charge in [0, 0.05) is 5.38 Å². The van der Waals surface area contributed by atoms with Crippen LogP contribution in [-0.4, -0.2) is 27.6 Å². The summed E-state index contributed by atoms with van der Waals surface area (Å²) in [5.74, 6) is 0.331. The molecule has 0 fully saturated rings. The van der Waals surface area contributed by atoms with E-state index in [-0.39, 0.29) is 23.9 Å². The fourth-order valence-electron chi connectivity index (χ4n) is 2.80. The summed E-state index contributed by atoms with van der Waals surface area (Å²) in [6, 6.07) is 9.24.